The number of rotatable bonds is 6. The number of halogens is 2. The third kappa shape index (κ3) is 5.45. The Morgan fingerprint density at radius 1 is 1.15 bits per heavy atom. The quantitative estimate of drug-likeness (QED) is 0.558. The summed E-state index contributed by atoms with van der Waals surface area (Å²) in [5.74, 6) is 0.468. The standard InChI is InChI=1S/C20H18Cl2N2O2S/c1-12-3-4-13(2)18(7-12)26-11-19(25)24-20-23-10-15(27-20)8-14-5-6-16(21)17(22)9-14/h3-7,9-10H,8,11H2,1-2H3,(H,23,24,25). The second-order valence-corrected chi connectivity index (χ2v) is 8.09. The number of hydrogen-bond acceptors (Lipinski definition) is 4. The monoisotopic (exact) mass is 420 g/mol. The summed E-state index contributed by atoms with van der Waals surface area (Å²) in [7, 11) is 0. The van der Waals surface area contributed by atoms with Gasteiger partial charge in [0, 0.05) is 17.5 Å². The first-order valence-electron chi connectivity index (χ1n) is 8.29. The number of thiazole rings is 1. The summed E-state index contributed by atoms with van der Waals surface area (Å²) in [6.07, 6.45) is 2.41. The van der Waals surface area contributed by atoms with Crippen LogP contribution >= 0.6 is 34.5 Å². The maximum absolute atomic E-state index is 12.1. The first kappa shape index (κ1) is 19.7. The van der Waals surface area contributed by atoms with Crippen molar-refractivity contribution in [2.24, 2.45) is 0 Å². The summed E-state index contributed by atoms with van der Waals surface area (Å²) in [5, 5.41) is 4.36. The minimum atomic E-state index is -0.244. The number of aryl methyl sites for hydroxylation is 2. The molecule has 0 aliphatic rings. The first-order valence-corrected chi connectivity index (χ1v) is 9.86. The second-order valence-electron chi connectivity index (χ2n) is 6.16. The zero-order valence-electron chi connectivity index (χ0n) is 14.9. The van der Waals surface area contributed by atoms with Crippen molar-refractivity contribution in [3.05, 3.63) is 74.2 Å². The molecule has 7 heteroatoms. The molecule has 0 fully saturated rings. The zero-order valence-corrected chi connectivity index (χ0v) is 17.2. The number of aromatic nitrogens is 1. The molecule has 0 saturated heterocycles. The van der Waals surface area contributed by atoms with Crippen LogP contribution in [-0.4, -0.2) is 17.5 Å². The Labute approximate surface area is 172 Å². The summed E-state index contributed by atoms with van der Waals surface area (Å²) in [6, 6.07) is 11.4. The van der Waals surface area contributed by atoms with Gasteiger partial charge in [0.2, 0.25) is 0 Å². The van der Waals surface area contributed by atoms with Gasteiger partial charge >= 0.3 is 0 Å². The van der Waals surface area contributed by atoms with Crippen LogP contribution in [0.3, 0.4) is 0 Å². The number of amides is 1. The van der Waals surface area contributed by atoms with Gasteiger partial charge in [-0.1, -0.05) is 41.4 Å². The number of carbonyl (C=O) groups excluding carboxylic acids is 1. The number of ether oxygens (including phenoxy) is 1. The fourth-order valence-electron chi connectivity index (χ4n) is 2.46. The number of carbonyl (C=O) groups is 1. The van der Waals surface area contributed by atoms with E-state index in [4.69, 9.17) is 27.9 Å². The number of anilines is 1. The van der Waals surface area contributed by atoms with Crippen molar-refractivity contribution in [1.29, 1.82) is 0 Å². The summed E-state index contributed by atoms with van der Waals surface area (Å²) in [6.45, 7) is 3.87. The van der Waals surface area contributed by atoms with Gasteiger partial charge in [0.1, 0.15) is 5.75 Å². The molecule has 27 heavy (non-hydrogen) atoms. The van der Waals surface area contributed by atoms with Gasteiger partial charge in [0.15, 0.2) is 11.7 Å². The van der Waals surface area contributed by atoms with Crippen LogP contribution in [0.4, 0.5) is 5.13 Å². The molecule has 0 aliphatic carbocycles. The number of nitrogens with one attached hydrogen (secondary N) is 1. The second kappa shape index (κ2) is 8.74. The Morgan fingerprint density at radius 3 is 2.74 bits per heavy atom. The van der Waals surface area contributed by atoms with E-state index in [-0.39, 0.29) is 12.5 Å². The van der Waals surface area contributed by atoms with Gasteiger partial charge in [-0.2, -0.15) is 0 Å². The lowest BCUT2D eigenvalue weighted by atomic mass is 10.1. The molecule has 140 valence electrons. The van der Waals surface area contributed by atoms with Crippen LogP contribution < -0.4 is 10.1 Å². The molecule has 3 rings (SSSR count). The van der Waals surface area contributed by atoms with Crippen LogP contribution in [0.1, 0.15) is 21.6 Å². The molecule has 0 radical (unpaired) electrons. The van der Waals surface area contributed by atoms with Gasteiger partial charge in [-0.25, -0.2) is 4.98 Å². The fourth-order valence-corrected chi connectivity index (χ4v) is 3.64. The highest BCUT2D eigenvalue weighted by atomic mass is 35.5. The number of benzene rings is 2. The van der Waals surface area contributed by atoms with Crippen molar-refractivity contribution in [1.82, 2.24) is 4.98 Å². The van der Waals surface area contributed by atoms with Gasteiger partial charge in [0.25, 0.3) is 5.91 Å². The largest absolute Gasteiger partial charge is 0.483 e. The Hall–Kier alpha value is -2.08. The van der Waals surface area contributed by atoms with Crippen LogP contribution in [0, 0.1) is 13.8 Å². The van der Waals surface area contributed by atoms with E-state index in [0.717, 1.165) is 21.6 Å². The molecule has 4 nitrogen and oxygen atoms in total. The van der Waals surface area contributed by atoms with Crippen molar-refractivity contribution in [3.63, 3.8) is 0 Å². The highest BCUT2D eigenvalue weighted by molar-refractivity contribution is 7.15. The average Bonchev–Trinajstić information content (AvgIpc) is 3.06. The summed E-state index contributed by atoms with van der Waals surface area (Å²) < 4.78 is 5.62. The summed E-state index contributed by atoms with van der Waals surface area (Å²) >= 11 is 13.4. The Bertz CT molecular complexity index is 972. The molecule has 0 unspecified atom stereocenters. The van der Waals surface area contributed by atoms with Crippen LogP contribution in [0.15, 0.2) is 42.6 Å². The molecule has 3 aromatic rings. The molecule has 1 heterocycles. The molecule has 0 bridgehead atoms. The molecule has 1 amide bonds. The van der Waals surface area contributed by atoms with Gasteiger partial charge in [-0.15, -0.1) is 11.3 Å². The van der Waals surface area contributed by atoms with Gasteiger partial charge in [-0.3, -0.25) is 10.1 Å². The van der Waals surface area contributed by atoms with E-state index in [9.17, 15) is 4.79 Å². The molecule has 0 aliphatic heterocycles. The van der Waals surface area contributed by atoms with Crippen molar-refractivity contribution in [3.8, 4) is 5.75 Å². The van der Waals surface area contributed by atoms with E-state index in [1.807, 2.05) is 44.2 Å². The average molecular weight is 421 g/mol. The van der Waals surface area contributed by atoms with Crippen LogP contribution in [0.2, 0.25) is 10.0 Å². The predicted molar refractivity (Wildman–Crippen MR) is 111 cm³/mol. The fraction of sp³-hybridized carbons (Fsp3) is 0.200. The molecule has 1 N–H and O–H groups in total. The van der Waals surface area contributed by atoms with Crippen LogP contribution in [0.25, 0.3) is 0 Å². The van der Waals surface area contributed by atoms with E-state index in [1.54, 1.807) is 12.3 Å². The maximum Gasteiger partial charge on any atom is 0.264 e. The van der Waals surface area contributed by atoms with Crippen molar-refractivity contribution < 1.29 is 9.53 Å². The number of hydrogen-bond donors (Lipinski definition) is 1. The summed E-state index contributed by atoms with van der Waals surface area (Å²) in [5.41, 5.74) is 3.11. The molecular formula is C20H18Cl2N2O2S. The van der Waals surface area contributed by atoms with E-state index in [2.05, 4.69) is 10.3 Å². The van der Waals surface area contributed by atoms with Gasteiger partial charge in [0.05, 0.1) is 10.0 Å². The highest BCUT2D eigenvalue weighted by Gasteiger charge is 2.10. The Morgan fingerprint density at radius 2 is 1.96 bits per heavy atom. The topological polar surface area (TPSA) is 51.2 Å². The van der Waals surface area contributed by atoms with E-state index < -0.39 is 0 Å². The Kier molecular flexibility index (Phi) is 6.37. The van der Waals surface area contributed by atoms with E-state index in [0.29, 0.717) is 27.3 Å². The highest BCUT2D eigenvalue weighted by Crippen LogP contribution is 2.26. The molecule has 2 aromatic carbocycles. The lowest BCUT2D eigenvalue weighted by Gasteiger charge is -2.09. The normalized spacial score (nSPS) is 10.7. The predicted octanol–water partition coefficient (Wildman–Crippen LogP) is 5.68. The molecule has 0 spiro atoms. The maximum atomic E-state index is 12.1. The minimum Gasteiger partial charge on any atom is -0.483 e. The summed E-state index contributed by atoms with van der Waals surface area (Å²) in [4.78, 5) is 17.4. The van der Waals surface area contributed by atoms with E-state index >= 15 is 0 Å². The molecular weight excluding hydrogens is 403 g/mol. The molecule has 1 aromatic heterocycles. The smallest absolute Gasteiger partial charge is 0.264 e. The molecule has 0 atom stereocenters. The van der Waals surface area contributed by atoms with Gasteiger partial charge < -0.3 is 4.74 Å². The van der Waals surface area contributed by atoms with Crippen LogP contribution in [-0.2, 0) is 11.2 Å². The van der Waals surface area contributed by atoms with Crippen molar-refractivity contribution in [2.45, 2.75) is 20.3 Å². The third-order valence-corrected chi connectivity index (χ3v) is 5.52. The third-order valence-electron chi connectivity index (χ3n) is 3.86. The van der Waals surface area contributed by atoms with Gasteiger partial charge in [-0.05, 0) is 48.7 Å². The van der Waals surface area contributed by atoms with Crippen LogP contribution in [0.5, 0.6) is 5.75 Å². The lowest BCUT2D eigenvalue weighted by molar-refractivity contribution is -0.118. The number of nitrogens with zero attached hydrogens (tertiary/aromatic N) is 1. The van der Waals surface area contributed by atoms with Crippen molar-refractivity contribution >= 4 is 45.6 Å². The lowest BCUT2D eigenvalue weighted by Crippen LogP contribution is -2.20. The zero-order chi connectivity index (χ0) is 19.4. The first-order chi connectivity index (χ1) is 12.9. The molecule has 0 saturated carbocycles. The van der Waals surface area contributed by atoms with Crippen molar-refractivity contribution in [2.75, 3.05) is 11.9 Å². The Balaban J connectivity index is 1.56. The minimum absolute atomic E-state index is 0.0635. The van der Waals surface area contributed by atoms with E-state index in [1.165, 1.54) is 11.3 Å². The SMILES string of the molecule is Cc1ccc(C)c(OCC(=O)Nc2ncc(Cc3ccc(Cl)c(Cl)c3)s2)c1.